The third kappa shape index (κ3) is 3.11. The highest BCUT2D eigenvalue weighted by Crippen LogP contribution is 2.21. The lowest BCUT2D eigenvalue weighted by molar-refractivity contribution is 0.0972. The van der Waals surface area contributed by atoms with Crippen molar-refractivity contribution in [1.29, 1.82) is 0 Å². The average molecular weight is 374 g/mol. The summed E-state index contributed by atoms with van der Waals surface area (Å²) in [6.45, 7) is 3.86. The van der Waals surface area contributed by atoms with Gasteiger partial charge in [-0.1, -0.05) is 29.8 Å². The summed E-state index contributed by atoms with van der Waals surface area (Å²) in [6, 6.07) is 13.1. The van der Waals surface area contributed by atoms with Crippen LogP contribution in [-0.2, 0) is 0 Å². The molecule has 0 saturated carbocycles. The van der Waals surface area contributed by atoms with Crippen molar-refractivity contribution in [1.82, 2.24) is 19.9 Å². The van der Waals surface area contributed by atoms with Gasteiger partial charge in [-0.25, -0.2) is 9.97 Å². The van der Waals surface area contributed by atoms with Crippen molar-refractivity contribution in [3.05, 3.63) is 65.0 Å². The van der Waals surface area contributed by atoms with E-state index in [-0.39, 0.29) is 17.2 Å². The second-order valence-corrected chi connectivity index (χ2v) is 6.55. The van der Waals surface area contributed by atoms with Gasteiger partial charge in [0.25, 0.3) is 11.8 Å². The molecule has 28 heavy (non-hydrogen) atoms. The van der Waals surface area contributed by atoms with Crippen molar-refractivity contribution in [3.8, 4) is 11.6 Å². The van der Waals surface area contributed by atoms with Crippen LogP contribution in [0.1, 0.15) is 32.1 Å². The van der Waals surface area contributed by atoms with E-state index in [1.807, 2.05) is 56.3 Å². The minimum Gasteiger partial charge on any atom is -0.364 e. The summed E-state index contributed by atoms with van der Waals surface area (Å²) in [5.41, 5.74) is 9.48. The lowest BCUT2D eigenvalue weighted by atomic mass is 10.1. The molecule has 2 heterocycles. The van der Waals surface area contributed by atoms with Gasteiger partial charge in [0.1, 0.15) is 5.69 Å². The highest BCUT2D eigenvalue weighted by molar-refractivity contribution is 6.10. The molecule has 2 amide bonds. The molecule has 0 radical (unpaired) electrons. The second kappa shape index (κ2) is 6.66. The van der Waals surface area contributed by atoms with E-state index in [4.69, 9.17) is 5.73 Å². The van der Waals surface area contributed by atoms with E-state index in [1.165, 1.54) is 0 Å². The zero-order valence-corrected chi connectivity index (χ0v) is 15.3. The van der Waals surface area contributed by atoms with Crippen molar-refractivity contribution in [2.45, 2.75) is 13.8 Å². The van der Waals surface area contributed by atoms with Crippen LogP contribution in [0, 0.1) is 13.8 Å². The molecular weight excluding hydrogens is 356 g/mol. The third-order valence-electron chi connectivity index (χ3n) is 4.41. The first-order chi connectivity index (χ1) is 13.4. The molecule has 0 aliphatic rings. The van der Waals surface area contributed by atoms with Crippen molar-refractivity contribution >= 4 is 28.5 Å². The third-order valence-corrected chi connectivity index (χ3v) is 4.41. The lowest BCUT2D eigenvalue weighted by Crippen LogP contribution is -2.20. The molecule has 0 spiro atoms. The summed E-state index contributed by atoms with van der Waals surface area (Å²) < 4.78 is 0. The van der Waals surface area contributed by atoms with Gasteiger partial charge in [-0.2, -0.15) is 0 Å². The molecule has 2 aromatic carbocycles. The largest absolute Gasteiger partial charge is 0.364 e. The van der Waals surface area contributed by atoms with Crippen LogP contribution in [0.3, 0.4) is 0 Å². The van der Waals surface area contributed by atoms with Crippen molar-refractivity contribution in [2.75, 3.05) is 5.32 Å². The predicted octanol–water partition coefficient (Wildman–Crippen LogP) is 2.92. The Balaban J connectivity index is 1.72. The monoisotopic (exact) mass is 374 g/mol. The standard InChI is InChI=1S/C20H18N6O2/c1-10-7-8-12(11(2)9-10)24-20(28)16-15(17(21)27)25-19(26-16)18-22-13-5-3-4-6-14(13)23-18/h3-9H,1-2H3,(H2,21,27)(H,22,23)(H,24,28)(H,25,26). The maximum atomic E-state index is 12.8. The number of carbonyl (C=O) groups is 2. The lowest BCUT2D eigenvalue weighted by Gasteiger charge is -2.08. The van der Waals surface area contributed by atoms with Gasteiger partial charge in [-0.15, -0.1) is 0 Å². The molecule has 4 aromatic rings. The quantitative estimate of drug-likeness (QED) is 0.437. The first-order valence-electron chi connectivity index (χ1n) is 8.66. The SMILES string of the molecule is Cc1ccc(NC(=O)c2[nH]c(-c3nc4ccccc4[nH]3)nc2C(N)=O)c(C)c1. The number of rotatable bonds is 4. The maximum Gasteiger partial charge on any atom is 0.274 e. The first kappa shape index (κ1) is 17.5. The fraction of sp³-hybridized carbons (Fsp3) is 0.100. The zero-order valence-electron chi connectivity index (χ0n) is 15.3. The number of hydrogen-bond acceptors (Lipinski definition) is 4. The Bertz CT molecular complexity index is 1190. The molecule has 0 unspecified atom stereocenters. The Labute approximate surface area is 160 Å². The van der Waals surface area contributed by atoms with Crippen LogP contribution in [0.15, 0.2) is 42.5 Å². The number of nitrogens with one attached hydrogen (secondary N) is 3. The minimum absolute atomic E-state index is 0.0112. The Hall–Kier alpha value is -3.94. The van der Waals surface area contributed by atoms with E-state index < -0.39 is 11.8 Å². The Kier molecular flexibility index (Phi) is 4.15. The number of benzene rings is 2. The number of H-pyrrole nitrogens is 2. The van der Waals surface area contributed by atoms with E-state index in [0.29, 0.717) is 11.5 Å². The van der Waals surface area contributed by atoms with Crippen LogP contribution in [0.25, 0.3) is 22.7 Å². The van der Waals surface area contributed by atoms with E-state index in [2.05, 4.69) is 25.3 Å². The van der Waals surface area contributed by atoms with Gasteiger partial charge in [-0.05, 0) is 37.6 Å². The number of amides is 2. The molecule has 2 aromatic heterocycles. The number of aromatic amines is 2. The molecule has 8 heteroatoms. The van der Waals surface area contributed by atoms with Crippen molar-refractivity contribution < 1.29 is 9.59 Å². The van der Waals surface area contributed by atoms with Crippen LogP contribution in [0.5, 0.6) is 0 Å². The van der Waals surface area contributed by atoms with E-state index in [1.54, 1.807) is 0 Å². The highest BCUT2D eigenvalue weighted by atomic mass is 16.2. The van der Waals surface area contributed by atoms with Gasteiger partial charge in [-0.3, -0.25) is 9.59 Å². The first-order valence-corrected chi connectivity index (χ1v) is 8.66. The van der Waals surface area contributed by atoms with Crippen molar-refractivity contribution in [3.63, 3.8) is 0 Å². The molecule has 0 bridgehead atoms. The van der Waals surface area contributed by atoms with Crippen LogP contribution >= 0.6 is 0 Å². The smallest absolute Gasteiger partial charge is 0.274 e. The van der Waals surface area contributed by atoms with Gasteiger partial charge in [0.15, 0.2) is 17.3 Å². The average Bonchev–Trinajstić information content (AvgIpc) is 3.28. The number of nitrogens with two attached hydrogens (primary N) is 1. The van der Waals surface area contributed by atoms with Crippen LogP contribution in [-0.4, -0.2) is 31.8 Å². The number of carbonyl (C=O) groups excluding carboxylic acids is 2. The zero-order chi connectivity index (χ0) is 19.8. The number of imidazole rings is 2. The number of anilines is 1. The minimum atomic E-state index is -0.801. The number of primary amides is 1. The fourth-order valence-corrected chi connectivity index (χ4v) is 3.03. The normalized spacial score (nSPS) is 10.9. The predicted molar refractivity (Wildman–Crippen MR) is 106 cm³/mol. The molecule has 0 atom stereocenters. The number of nitrogens with zero attached hydrogens (tertiary/aromatic N) is 2. The van der Waals surface area contributed by atoms with E-state index >= 15 is 0 Å². The molecule has 4 rings (SSSR count). The summed E-state index contributed by atoms with van der Waals surface area (Å²) in [5, 5.41) is 2.79. The molecule has 140 valence electrons. The Morgan fingerprint density at radius 3 is 2.46 bits per heavy atom. The Morgan fingerprint density at radius 2 is 1.75 bits per heavy atom. The number of aryl methyl sites for hydroxylation is 2. The summed E-state index contributed by atoms with van der Waals surface area (Å²) in [7, 11) is 0. The molecule has 0 saturated heterocycles. The maximum absolute atomic E-state index is 12.8. The fourth-order valence-electron chi connectivity index (χ4n) is 3.03. The summed E-state index contributed by atoms with van der Waals surface area (Å²) in [5.74, 6) is -0.634. The molecule has 8 nitrogen and oxygen atoms in total. The van der Waals surface area contributed by atoms with Gasteiger partial charge >= 0.3 is 0 Å². The van der Waals surface area contributed by atoms with E-state index in [0.717, 1.165) is 22.2 Å². The van der Waals surface area contributed by atoms with Gasteiger partial charge in [0.05, 0.1) is 11.0 Å². The summed E-state index contributed by atoms with van der Waals surface area (Å²) >= 11 is 0. The molecule has 0 fully saturated rings. The summed E-state index contributed by atoms with van der Waals surface area (Å²) in [4.78, 5) is 39.2. The second-order valence-electron chi connectivity index (χ2n) is 6.55. The molecule has 0 aliphatic heterocycles. The van der Waals surface area contributed by atoms with Crippen molar-refractivity contribution in [2.24, 2.45) is 5.73 Å². The van der Waals surface area contributed by atoms with Gasteiger partial charge in [0.2, 0.25) is 0 Å². The van der Waals surface area contributed by atoms with Crippen LogP contribution in [0.2, 0.25) is 0 Å². The molecular formula is C20H18N6O2. The number of fused-ring (bicyclic) bond motifs is 1. The van der Waals surface area contributed by atoms with Gasteiger partial charge in [0, 0.05) is 5.69 Å². The Morgan fingerprint density at radius 1 is 1.00 bits per heavy atom. The van der Waals surface area contributed by atoms with Crippen LogP contribution < -0.4 is 11.1 Å². The van der Waals surface area contributed by atoms with Gasteiger partial charge < -0.3 is 21.0 Å². The highest BCUT2D eigenvalue weighted by Gasteiger charge is 2.23. The topological polar surface area (TPSA) is 130 Å². The number of para-hydroxylation sites is 2. The summed E-state index contributed by atoms with van der Waals surface area (Å²) in [6.07, 6.45) is 0. The molecule has 0 aliphatic carbocycles. The molecule has 5 N–H and O–H groups in total. The van der Waals surface area contributed by atoms with E-state index in [9.17, 15) is 9.59 Å². The number of hydrogen-bond donors (Lipinski definition) is 4. The van der Waals surface area contributed by atoms with Crippen LogP contribution in [0.4, 0.5) is 5.69 Å². The number of aromatic nitrogens is 4.